The van der Waals surface area contributed by atoms with Crippen LogP contribution in [0, 0.1) is 20.8 Å². The van der Waals surface area contributed by atoms with Crippen LogP contribution in [0.5, 0.6) is 0 Å². The molecule has 0 amide bonds. The normalized spacial score (nSPS) is 11.2. The summed E-state index contributed by atoms with van der Waals surface area (Å²) in [6, 6.07) is 19.7. The zero-order valence-corrected chi connectivity index (χ0v) is 20.0. The number of nitrogens with one attached hydrogen (secondary N) is 2. The Bertz CT molecular complexity index is 1440. The molecular formula is C25H23N3O3S2. The van der Waals surface area contributed by atoms with Gasteiger partial charge in [0.15, 0.2) is 5.13 Å². The molecule has 0 aliphatic rings. The standard InChI is InChI=1S/C25H23N3O3S2/c1-16-11-12-18(3)23(13-16)33(30,31)28-20-9-6-8-19(14-20)27-25-26-15-22(32-25)24(29)21-10-5-4-7-17(21)2/h4-15,28H,1-3H3,(H,26,27). The average Bonchev–Trinajstić information content (AvgIpc) is 3.23. The highest BCUT2D eigenvalue weighted by Gasteiger charge is 2.18. The molecule has 0 fully saturated rings. The van der Waals surface area contributed by atoms with Crippen LogP contribution in [0.2, 0.25) is 0 Å². The van der Waals surface area contributed by atoms with Crippen molar-refractivity contribution >= 4 is 43.6 Å². The number of sulfonamides is 1. The van der Waals surface area contributed by atoms with Gasteiger partial charge >= 0.3 is 0 Å². The highest BCUT2D eigenvalue weighted by molar-refractivity contribution is 7.92. The highest BCUT2D eigenvalue weighted by Crippen LogP contribution is 2.28. The van der Waals surface area contributed by atoms with E-state index in [1.807, 2.05) is 38.1 Å². The summed E-state index contributed by atoms with van der Waals surface area (Å²) >= 11 is 1.25. The number of rotatable bonds is 7. The van der Waals surface area contributed by atoms with Gasteiger partial charge in [-0.3, -0.25) is 9.52 Å². The van der Waals surface area contributed by atoms with Crippen LogP contribution in [0.1, 0.15) is 31.9 Å². The molecule has 0 radical (unpaired) electrons. The van der Waals surface area contributed by atoms with Gasteiger partial charge in [0.2, 0.25) is 5.78 Å². The fourth-order valence-electron chi connectivity index (χ4n) is 3.39. The summed E-state index contributed by atoms with van der Waals surface area (Å²) in [5.41, 5.74) is 4.19. The van der Waals surface area contributed by atoms with Crippen molar-refractivity contribution in [2.45, 2.75) is 25.7 Å². The lowest BCUT2D eigenvalue weighted by Gasteiger charge is -2.12. The molecule has 0 spiro atoms. The van der Waals surface area contributed by atoms with Gasteiger partial charge in [-0.25, -0.2) is 13.4 Å². The van der Waals surface area contributed by atoms with Gasteiger partial charge in [0.05, 0.1) is 21.7 Å². The minimum absolute atomic E-state index is 0.0753. The van der Waals surface area contributed by atoms with Crippen LogP contribution in [-0.2, 0) is 10.0 Å². The Balaban J connectivity index is 1.52. The van der Waals surface area contributed by atoms with Crippen LogP contribution in [0.3, 0.4) is 0 Å². The fraction of sp³-hybridized carbons (Fsp3) is 0.120. The topological polar surface area (TPSA) is 88.2 Å². The monoisotopic (exact) mass is 477 g/mol. The van der Waals surface area contributed by atoms with Gasteiger partial charge in [0.1, 0.15) is 0 Å². The van der Waals surface area contributed by atoms with Crippen molar-refractivity contribution in [3.63, 3.8) is 0 Å². The number of carbonyl (C=O) groups is 1. The third kappa shape index (κ3) is 5.13. The Kier molecular flexibility index (Phi) is 6.31. The first-order valence-corrected chi connectivity index (χ1v) is 12.6. The molecule has 6 nitrogen and oxygen atoms in total. The molecule has 0 bridgehead atoms. The molecule has 168 valence electrons. The first-order chi connectivity index (χ1) is 15.7. The Morgan fingerprint density at radius 2 is 1.64 bits per heavy atom. The summed E-state index contributed by atoms with van der Waals surface area (Å²) in [6.45, 7) is 5.53. The van der Waals surface area contributed by atoms with Crippen LogP contribution in [-0.4, -0.2) is 19.2 Å². The smallest absolute Gasteiger partial charge is 0.262 e. The number of aromatic nitrogens is 1. The van der Waals surface area contributed by atoms with Crippen LogP contribution in [0.15, 0.2) is 77.8 Å². The Hall–Kier alpha value is -3.49. The number of aryl methyl sites for hydroxylation is 3. The molecule has 4 aromatic rings. The van der Waals surface area contributed by atoms with Crippen molar-refractivity contribution in [1.29, 1.82) is 0 Å². The summed E-state index contributed by atoms with van der Waals surface area (Å²) in [7, 11) is -3.73. The van der Waals surface area contributed by atoms with E-state index >= 15 is 0 Å². The van der Waals surface area contributed by atoms with Crippen LogP contribution < -0.4 is 10.0 Å². The molecule has 0 aliphatic carbocycles. The summed E-state index contributed by atoms with van der Waals surface area (Å²) in [5, 5.41) is 3.70. The maximum Gasteiger partial charge on any atom is 0.262 e. The van der Waals surface area contributed by atoms with E-state index in [1.165, 1.54) is 11.3 Å². The minimum atomic E-state index is -3.73. The maximum atomic E-state index is 12.9. The van der Waals surface area contributed by atoms with Gasteiger partial charge in [0.25, 0.3) is 10.0 Å². The molecule has 0 unspecified atom stereocenters. The van der Waals surface area contributed by atoms with Crippen molar-refractivity contribution in [3.8, 4) is 0 Å². The molecule has 8 heteroatoms. The van der Waals surface area contributed by atoms with E-state index in [9.17, 15) is 13.2 Å². The van der Waals surface area contributed by atoms with Crippen LogP contribution >= 0.6 is 11.3 Å². The molecule has 0 atom stereocenters. The predicted molar refractivity (Wildman–Crippen MR) is 133 cm³/mol. The quantitative estimate of drug-likeness (QED) is 0.326. The third-order valence-electron chi connectivity index (χ3n) is 5.12. The van der Waals surface area contributed by atoms with E-state index in [0.717, 1.165) is 11.1 Å². The van der Waals surface area contributed by atoms with E-state index in [2.05, 4.69) is 15.0 Å². The van der Waals surface area contributed by atoms with Gasteiger partial charge in [-0.2, -0.15) is 0 Å². The average molecular weight is 478 g/mol. The summed E-state index contributed by atoms with van der Waals surface area (Å²) in [5.74, 6) is -0.0753. The lowest BCUT2D eigenvalue weighted by molar-refractivity contribution is 0.104. The zero-order chi connectivity index (χ0) is 23.6. The molecule has 4 rings (SSSR count). The van der Waals surface area contributed by atoms with Crippen molar-refractivity contribution in [2.75, 3.05) is 10.0 Å². The van der Waals surface area contributed by atoms with Gasteiger partial charge in [-0.1, -0.05) is 53.8 Å². The molecule has 1 heterocycles. The van der Waals surface area contributed by atoms with Gasteiger partial charge in [-0.15, -0.1) is 0 Å². The number of benzene rings is 3. The minimum Gasteiger partial charge on any atom is -0.331 e. The number of anilines is 3. The third-order valence-corrected chi connectivity index (χ3v) is 7.55. The molecule has 0 saturated carbocycles. The number of carbonyl (C=O) groups excluding carboxylic acids is 1. The number of hydrogen-bond acceptors (Lipinski definition) is 6. The predicted octanol–water partition coefficient (Wildman–Crippen LogP) is 5.84. The lowest BCUT2D eigenvalue weighted by Crippen LogP contribution is -2.14. The summed E-state index contributed by atoms with van der Waals surface area (Å²) < 4.78 is 28.5. The lowest BCUT2D eigenvalue weighted by atomic mass is 10.0. The van der Waals surface area contributed by atoms with Gasteiger partial charge < -0.3 is 5.32 Å². The second-order valence-electron chi connectivity index (χ2n) is 7.75. The Morgan fingerprint density at radius 1 is 0.879 bits per heavy atom. The van der Waals surface area contributed by atoms with Gasteiger partial charge in [-0.05, 0) is 61.7 Å². The van der Waals surface area contributed by atoms with Crippen molar-refractivity contribution < 1.29 is 13.2 Å². The molecular weight excluding hydrogens is 454 g/mol. The van der Waals surface area contributed by atoms with Crippen molar-refractivity contribution in [1.82, 2.24) is 4.98 Å². The summed E-state index contributed by atoms with van der Waals surface area (Å²) in [6.07, 6.45) is 1.55. The van der Waals surface area contributed by atoms with E-state index in [1.54, 1.807) is 55.6 Å². The zero-order valence-electron chi connectivity index (χ0n) is 18.4. The van der Waals surface area contributed by atoms with E-state index in [4.69, 9.17) is 0 Å². The summed E-state index contributed by atoms with van der Waals surface area (Å²) in [4.78, 5) is 17.9. The van der Waals surface area contributed by atoms with Crippen molar-refractivity contribution in [2.24, 2.45) is 0 Å². The molecule has 3 aromatic carbocycles. The number of nitrogens with zero attached hydrogens (tertiary/aromatic N) is 1. The molecule has 33 heavy (non-hydrogen) atoms. The van der Waals surface area contributed by atoms with E-state index in [0.29, 0.717) is 32.5 Å². The SMILES string of the molecule is Cc1ccc(C)c(S(=O)(=O)Nc2cccc(Nc3ncc(C(=O)c4ccccc4C)s3)c2)c1. The van der Waals surface area contributed by atoms with Crippen LogP contribution in [0.25, 0.3) is 0 Å². The maximum absolute atomic E-state index is 12.9. The van der Waals surface area contributed by atoms with Crippen LogP contribution in [0.4, 0.5) is 16.5 Å². The van der Waals surface area contributed by atoms with Gasteiger partial charge in [0, 0.05) is 11.3 Å². The first kappa shape index (κ1) is 22.7. The second kappa shape index (κ2) is 9.17. The first-order valence-electron chi connectivity index (χ1n) is 10.3. The molecule has 0 saturated heterocycles. The molecule has 1 aromatic heterocycles. The van der Waals surface area contributed by atoms with E-state index in [-0.39, 0.29) is 10.7 Å². The Labute approximate surface area is 197 Å². The second-order valence-corrected chi connectivity index (χ2v) is 10.4. The largest absolute Gasteiger partial charge is 0.331 e. The molecule has 2 N–H and O–H groups in total. The highest BCUT2D eigenvalue weighted by atomic mass is 32.2. The number of thiazole rings is 1. The number of ketones is 1. The molecule has 0 aliphatic heterocycles. The Morgan fingerprint density at radius 3 is 2.42 bits per heavy atom. The van der Waals surface area contributed by atoms with E-state index < -0.39 is 10.0 Å². The number of hydrogen-bond donors (Lipinski definition) is 2. The fourth-order valence-corrected chi connectivity index (χ4v) is 5.56. The van der Waals surface area contributed by atoms with Crippen molar-refractivity contribution in [3.05, 3.63) is 100 Å².